The number of nitrogens with one attached hydrogen (secondary N) is 3. The van der Waals surface area contributed by atoms with Gasteiger partial charge < -0.3 is 20.7 Å². The van der Waals surface area contributed by atoms with Gasteiger partial charge in [0.25, 0.3) is 5.91 Å². The van der Waals surface area contributed by atoms with Crippen LogP contribution in [0.2, 0.25) is 10.0 Å². The Morgan fingerprint density at radius 1 is 1.15 bits per heavy atom. The molecule has 8 heteroatoms. The highest BCUT2D eigenvalue weighted by atomic mass is 35.5. The largest absolute Gasteiger partial charge is 0.497 e. The van der Waals surface area contributed by atoms with E-state index in [1.54, 1.807) is 56.5 Å². The number of methoxy groups -OCH3 is 1. The van der Waals surface area contributed by atoms with Gasteiger partial charge >= 0.3 is 6.03 Å². The number of halogens is 2. The van der Waals surface area contributed by atoms with Crippen molar-refractivity contribution in [2.75, 3.05) is 12.4 Å². The number of amides is 3. The molecule has 3 N–H and O–H groups in total. The molecule has 3 rings (SSSR count). The predicted octanol–water partition coefficient (Wildman–Crippen LogP) is 4.27. The number of hydrogen-bond acceptors (Lipinski definition) is 3. The van der Waals surface area contributed by atoms with E-state index in [1.807, 2.05) is 0 Å². The van der Waals surface area contributed by atoms with Crippen molar-refractivity contribution in [3.05, 3.63) is 69.3 Å². The zero-order valence-electron chi connectivity index (χ0n) is 14.6. The summed E-state index contributed by atoms with van der Waals surface area (Å²) in [6, 6.07) is 10.7. The maximum atomic E-state index is 12.9. The lowest BCUT2D eigenvalue weighted by Crippen LogP contribution is -2.46. The van der Waals surface area contributed by atoms with E-state index in [1.165, 1.54) is 0 Å². The third-order valence-corrected chi connectivity index (χ3v) is 4.70. The first-order chi connectivity index (χ1) is 12.9. The molecule has 0 bridgehead atoms. The second-order valence-electron chi connectivity index (χ2n) is 5.92. The minimum Gasteiger partial charge on any atom is -0.497 e. The van der Waals surface area contributed by atoms with Crippen molar-refractivity contribution in [2.45, 2.75) is 13.0 Å². The highest BCUT2D eigenvalue weighted by Crippen LogP contribution is 2.33. The molecule has 0 aromatic heterocycles. The lowest BCUT2D eigenvalue weighted by atomic mass is 9.94. The van der Waals surface area contributed by atoms with E-state index in [9.17, 15) is 9.59 Å². The standard InChI is InChI=1S/C19H17Cl2N3O3/c1-10-16(18(25)23-12-4-6-13(27-2)7-5-12)17(24-19(26)22-10)14-8-3-11(20)9-15(14)21/h3-9,17H,1-2H3,(H,23,25)(H2,22,24,26)/t17-/m1/s1. The number of anilines is 1. The maximum Gasteiger partial charge on any atom is 0.319 e. The molecule has 2 aromatic carbocycles. The van der Waals surface area contributed by atoms with Gasteiger partial charge in [-0.3, -0.25) is 4.79 Å². The Hall–Kier alpha value is -2.70. The Morgan fingerprint density at radius 2 is 1.85 bits per heavy atom. The molecule has 0 saturated carbocycles. The van der Waals surface area contributed by atoms with E-state index >= 15 is 0 Å². The van der Waals surface area contributed by atoms with Crippen molar-refractivity contribution < 1.29 is 14.3 Å². The Morgan fingerprint density at radius 3 is 2.48 bits per heavy atom. The summed E-state index contributed by atoms with van der Waals surface area (Å²) >= 11 is 12.3. The maximum absolute atomic E-state index is 12.9. The van der Waals surface area contributed by atoms with Crippen LogP contribution in [0.1, 0.15) is 18.5 Å². The number of hydrogen-bond donors (Lipinski definition) is 3. The van der Waals surface area contributed by atoms with Crippen LogP contribution in [0, 0.1) is 0 Å². The topological polar surface area (TPSA) is 79.5 Å². The molecule has 1 aliphatic heterocycles. The van der Waals surface area contributed by atoms with Gasteiger partial charge in [0.1, 0.15) is 5.75 Å². The van der Waals surface area contributed by atoms with Crippen LogP contribution < -0.4 is 20.7 Å². The molecule has 3 amide bonds. The summed E-state index contributed by atoms with van der Waals surface area (Å²) in [5, 5.41) is 9.02. The van der Waals surface area contributed by atoms with Crippen molar-refractivity contribution in [3.63, 3.8) is 0 Å². The fraction of sp³-hybridized carbons (Fsp3) is 0.158. The first kappa shape index (κ1) is 19.1. The Labute approximate surface area is 166 Å². The number of rotatable bonds is 4. The smallest absolute Gasteiger partial charge is 0.319 e. The van der Waals surface area contributed by atoms with E-state index < -0.39 is 12.1 Å². The second-order valence-corrected chi connectivity index (χ2v) is 6.76. The van der Waals surface area contributed by atoms with Gasteiger partial charge in [-0.05, 0) is 48.9 Å². The summed E-state index contributed by atoms with van der Waals surface area (Å²) in [5.41, 5.74) is 1.98. The van der Waals surface area contributed by atoms with Crippen LogP contribution in [-0.4, -0.2) is 19.0 Å². The molecule has 0 unspecified atom stereocenters. The van der Waals surface area contributed by atoms with E-state index in [2.05, 4.69) is 16.0 Å². The molecule has 0 fully saturated rings. The predicted molar refractivity (Wildman–Crippen MR) is 105 cm³/mol. The number of carbonyl (C=O) groups excluding carboxylic acids is 2. The molecule has 0 spiro atoms. The highest BCUT2D eigenvalue weighted by molar-refractivity contribution is 6.35. The highest BCUT2D eigenvalue weighted by Gasteiger charge is 2.32. The third-order valence-electron chi connectivity index (χ3n) is 4.14. The van der Waals surface area contributed by atoms with Gasteiger partial charge in [-0.15, -0.1) is 0 Å². The summed E-state index contributed by atoms with van der Waals surface area (Å²) in [6.45, 7) is 1.67. The molecule has 140 valence electrons. The van der Waals surface area contributed by atoms with Crippen LogP contribution in [-0.2, 0) is 4.79 Å². The molecular weight excluding hydrogens is 389 g/mol. The average Bonchev–Trinajstić information content (AvgIpc) is 2.61. The van der Waals surface area contributed by atoms with Gasteiger partial charge in [-0.1, -0.05) is 29.3 Å². The Bertz CT molecular complexity index is 926. The van der Waals surface area contributed by atoms with Crippen LogP contribution in [0.25, 0.3) is 0 Å². The van der Waals surface area contributed by atoms with Crippen molar-refractivity contribution >= 4 is 40.8 Å². The van der Waals surface area contributed by atoms with E-state index in [0.29, 0.717) is 38.3 Å². The lowest BCUT2D eigenvalue weighted by Gasteiger charge is -2.29. The first-order valence-corrected chi connectivity index (χ1v) is 8.83. The SMILES string of the molecule is COc1ccc(NC(=O)C2=C(C)NC(=O)N[C@@H]2c2ccc(Cl)cc2Cl)cc1. The quantitative estimate of drug-likeness (QED) is 0.710. The van der Waals surface area contributed by atoms with Crippen molar-refractivity contribution in [3.8, 4) is 5.75 Å². The molecular formula is C19H17Cl2N3O3. The fourth-order valence-corrected chi connectivity index (χ4v) is 3.35. The molecule has 2 aromatic rings. The van der Waals surface area contributed by atoms with Gasteiger partial charge in [0.2, 0.25) is 0 Å². The van der Waals surface area contributed by atoms with Gasteiger partial charge in [0, 0.05) is 21.4 Å². The van der Waals surface area contributed by atoms with Crippen LogP contribution in [0.3, 0.4) is 0 Å². The first-order valence-electron chi connectivity index (χ1n) is 8.07. The van der Waals surface area contributed by atoms with Gasteiger partial charge in [-0.25, -0.2) is 4.79 Å². The van der Waals surface area contributed by atoms with E-state index in [0.717, 1.165) is 0 Å². The van der Waals surface area contributed by atoms with E-state index in [-0.39, 0.29) is 5.91 Å². The third kappa shape index (κ3) is 4.18. The van der Waals surface area contributed by atoms with Gasteiger partial charge in [-0.2, -0.15) is 0 Å². The molecule has 0 saturated heterocycles. The molecule has 27 heavy (non-hydrogen) atoms. The van der Waals surface area contributed by atoms with Crippen LogP contribution >= 0.6 is 23.2 Å². The number of urea groups is 1. The fourth-order valence-electron chi connectivity index (χ4n) is 2.84. The monoisotopic (exact) mass is 405 g/mol. The molecule has 0 aliphatic carbocycles. The summed E-state index contributed by atoms with van der Waals surface area (Å²) in [7, 11) is 1.57. The van der Waals surface area contributed by atoms with Crippen LogP contribution in [0.5, 0.6) is 5.75 Å². The Kier molecular flexibility index (Phi) is 5.58. The molecule has 6 nitrogen and oxygen atoms in total. The van der Waals surface area contributed by atoms with E-state index in [4.69, 9.17) is 27.9 Å². The summed E-state index contributed by atoms with van der Waals surface area (Å²) in [5.74, 6) is 0.321. The van der Waals surface area contributed by atoms with Crippen molar-refractivity contribution in [1.29, 1.82) is 0 Å². The van der Waals surface area contributed by atoms with Crippen molar-refractivity contribution in [2.24, 2.45) is 0 Å². The number of ether oxygens (including phenoxy) is 1. The van der Waals surface area contributed by atoms with Gasteiger partial charge in [0.05, 0.1) is 18.7 Å². The Balaban J connectivity index is 1.94. The number of allylic oxidation sites excluding steroid dienone is 1. The molecule has 1 atom stereocenters. The molecule has 1 aliphatic rings. The zero-order chi connectivity index (χ0) is 19.6. The van der Waals surface area contributed by atoms with Crippen LogP contribution in [0.15, 0.2) is 53.7 Å². The summed E-state index contributed by atoms with van der Waals surface area (Å²) in [6.07, 6.45) is 0. The van der Waals surface area contributed by atoms with Crippen LogP contribution in [0.4, 0.5) is 10.5 Å². The van der Waals surface area contributed by atoms with Gasteiger partial charge in [0.15, 0.2) is 0 Å². The summed E-state index contributed by atoms with van der Waals surface area (Å²) < 4.78 is 5.11. The van der Waals surface area contributed by atoms with Crippen molar-refractivity contribution in [1.82, 2.24) is 10.6 Å². The zero-order valence-corrected chi connectivity index (χ0v) is 16.1. The number of carbonyl (C=O) groups is 2. The summed E-state index contributed by atoms with van der Waals surface area (Å²) in [4.78, 5) is 24.9. The second kappa shape index (κ2) is 7.90. The molecule has 1 heterocycles. The minimum absolute atomic E-state index is 0.356. The molecule has 0 radical (unpaired) electrons. The number of benzene rings is 2. The minimum atomic E-state index is -0.707. The average molecular weight is 406 g/mol. The lowest BCUT2D eigenvalue weighted by molar-refractivity contribution is -0.113. The normalized spacial score (nSPS) is 16.4.